The fourth-order valence-corrected chi connectivity index (χ4v) is 1.31. The molecule has 0 atom stereocenters. The summed E-state index contributed by atoms with van der Waals surface area (Å²) in [5, 5.41) is 0. The Bertz CT molecular complexity index is 407. The predicted molar refractivity (Wildman–Crippen MR) is 72.0 cm³/mol. The van der Waals surface area contributed by atoms with Crippen LogP contribution in [0, 0.1) is 6.92 Å². The van der Waals surface area contributed by atoms with E-state index in [0.29, 0.717) is 0 Å². The van der Waals surface area contributed by atoms with Gasteiger partial charge in [0.25, 0.3) is 0 Å². The number of hydrogen-bond donors (Lipinski definition) is 0. The fourth-order valence-electron chi connectivity index (χ4n) is 1.31. The van der Waals surface area contributed by atoms with Gasteiger partial charge in [0, 0.05) is 24.3 Å². The average Bonchev–Trinajstić information content (AvgIpc) is 2.41. The van der Waals surface area contributed by atoms with Gasteiger partial charge < -0.3 is 0 Å². The first-order chi connectivity index (χ1) is 8.26. The highest BCUT2D eigenvalue weighted by atomic mass is 14.6. The maximum atomic E-state index is 4.15. The van der Waals surface area contributed by atoms with Crippen LogP contribution in [-0.2, 0) is 12.8 Å². The molecule has 0 saturated heterocycles. The number of hydrogen-bond acceptors (Lipinski definition) is 2. The van der Waals surface area contributed by atoms with Crippen LogP contribution in [0.1, 0.15) is 30.7 Å². The van der Waals surface area contributed by atoms with Gasteiger partial charge in [-0.3, -0.25) is 9.97 Å². The van der Waals surface area contributed by atoms with Gasteiger partial charge in [0.05, 0.1) is 0 Å². The molecule has 0 saturated carbocycles. The molecule has 0 bridgehead atoms. The molecule has 0 aromatic carbocycles. The summed E-state index contributed by atoms with van der Waals surface area (Å²) in [6.07, 6.45) is 7.76. The van der Waals surface area contributed by atoms with E-state index in [1.54, 1.807) is 6.20 Å². The Morgan fingerprint density at radius 2 is 1.65 bits per heavy atom. The van der Waals surface area contributed by atoms with E-state index in [2.05, 4.69) is 35.9 Å². The van der Waals surface area contributed by atoms with E-state index in [9.17, 15) is 0 Å². The molecular weight excluding hydrogens is 208 g/mol. The molecule has 0 aliphatic carbocycles. The molecule has 90 valence electrons. The molecule has 0 radical (unpaired) electrons. The second kappa shape index (κ2) is 7.55. The van der Waals surface area contributed by atoms with Gasteiger partial charge in [-0.1, -0.05) is 26.0 Å². The average molecular weight is 228 g/mol. The maximum absolute atomic E-state index is 4.15. The maximum Gasteiger partial charge on any atom is 0.0372 e. The normalized spacial score (nSPS) is 9.35. The molecule has 0 N–H and O–H groups in total. The summed E-state index contributed by atoms with van der Waals surface area (Å²) in [6, 6.07) is 8.19. The van der Waals surface area contributed by atoms with E-state index < -0.39 is 0 Å². The lowest BCUT2D eigenvalue weighted by Gasteiger charge is -1.93. The molecule has 2 nitrogen and oxygen atoms in total. The molecule has 17 heavy (non-hydrogen) atoms. The van der Waals surface area contributed by atoms with Gasteiger partial charge >= 0.3 is 0 Å². The summed E-state index contributed by atoms with van der Waals surface area (Å²) in [5.41, 5.74) is 3.69. The van der Waals surface area contributed by atoms with Crippen LogP contribution in [0.25, 0.3) is 0 Å². The highest BCUT2D eigenvalue weighted by Gasteiger charge is 1.86. The number of aromatic nitrogens is 2. The summed E-state index contributed by atoms with van der Waals surface area (Å²) in [6.45, 7) is 6.25. The summed E-state index contributed by atoms with van der Waals surface area (Å²) < 4.78 is 0. The minimum atomic E-state index is 1.08. The third-order valence-electron chi connectivity index (χ3n) is 2.51. The second-order valence-corrected chi connectivity index (χ2v) is 3.88. The monoisotopic (exact) mass is 228 g/mol. The van der Waals surface area contributed by atoms with Crippen molar-refractivity contribution in [2.45, 2.75) is 33.6 Å². The molecule has 0 spiro atoms. The van der Waals surface area contributed by atoms with Crippen molar-refractivity contribution in [1.82, 2.24) is 9.97 Å². The zero-order chi connectivity index (χ0) is 12.5. The molecule has 2 heterocycles. The van der Waals surface area contributed by atoms with E-state index in [0.717, 1.165) is 18.5 Å². The van der Waals surface area contributed by atoms with Crippen molar-refractivity contribution in [3.05, 3.63) is 59.7 Å². The Kier molecular flexibility index (Phi) is 5.94. The number of nitrogens with zero attached hydrogens (tertiary/aromatic N) is 2. The molecule has 2 aromatic heterocycles. The Hall–Kier alpha value is -1.70. The van der Waals surface area contributed by atoms with Crippen molar-refractivity contribution < 1.29 is 0 Å². The third kappa shape index (κ3) is 5.25. The lowest BCUT2D eigenvalue weighted by Crippen LogP contribution is -1.83. The van der Waals surface area contributed by atoms with Crippen LogP contribution in [0.3, 0.4) is 0 Å². The van der Waals surface area contributed by atoms with Crippen LogP contribution in [0.5, 0.6) is 0 Å². The molecule has 0 aliphatic rings. The molecule has 0 amide bonds. The molecular formula is C15H20N2. The van der Waals surface area contributed by atoms with E-state index in [4.69, 9.17) is 0 Å². The van der Waals surface area contributed by atoms with E-state index in [1.165, 1.54) is 11.1 Å². The first-order valence-corrected chi connectivity index (χ1v) is 6.06. The largest absolute Gasteiger partial charge is 0.264 e. The highest BCUT2D eigenvalue weighted by molar-refractivity contribution is 5.12. The predicted octanol–water partition coefficient (Wildman–Crippen LogP) is 3.60. The van der Waals surface area contributed by atoms with Crippen LogP contribution in [0.15, 0.2) is 42.9 Å². The summed E-state index contributed by atoms with van der Waals surface area (Å²) >= 11 is 0. The van der Waals surface area contributed by atoms with Crippen LogP contribution in [0.2, 0.25) is 0 Å². The Balaban J connectivity index is 0.000000171. The Labute approximate surface area is 104 Å². The minimum absolute atomic E-state index is 1.08. The van der Waals surface area contributed by atoms with Crippen molar-refractivity contribution in [3.63, 3.8) is 0 Å². The summed E-state index contributed by atoms with van der Waals surface area (Å²) in [5.74, 6) is 0. The SMILES string of the molecule is CCc1ccc(C)nc1.CCc1cccnc1. The fraction of sp³-hybridized carbons (Fsp3) is 0.333. The molecule has 2 aromatic rings. The highest BCUT2D eigenvalue weighted by Crippen LogP contribution is 1.98. The van der Waals surface area contributed by atoms with Crippen LogP contribution in [-0.4, -0.2) is 9.97 Å². The smallest absolute Gasteiger partial charge is 0.0372 e. The van der Waals surface area contributed by atoms with Crippen molar-refractivity contribution >= 4 is 0 Å². The van der Waals surface area contributed by atoms with Gasteiger partial charge in [-0.25, -0.2) is 0 Å². The molecule has 0 unspecified atom stereocenters. The van der Waals surface area contributed by atoms with Crippen molar-refractivity contribution in [1.29, 1.82) is 0 Å². The van der Waals surface area contributed by atoms with Gasteiger partial charge in [0.2, 0.25) is 0 Å². The van der Waals surface area contributed by atoms with Gasteiger partial charge in [0.15, 0.2) is 0 Å². The first-order valence-electron chi connectivity index (χ1n) is 6.06. The third-order valence-corrected chi connectivity index (χ3v) is 2.51. The van der Waals surface area contributed by atoms with E-state index in [-0.39, 0.29) is 0 Å². The number of aryl methyl sites for hydroxylation is 3. The number of pyridine rings is 2. The van der Waals surface area contributed by atoms with Gasteiger partial charge in [-0.2, -0.15) is 0 Å². The van der Waals surface area contributed by atoms with Crippen molar-refractivity contribution in [2.75, 3.05) is 0 Å². The van der Waals surface area contributed by atoms with Crippen LogP contribution in [0.4, 0.5) is 0 Å². The van der Waals surface area contributed by atoms with Gasteiger partial charge in [-0.15, -0.1) is 0 Å². The zero-order valence-electron chi connectivity index (χ0n) is 10.9. The standard InChI is InChI=1S/C8H11N.C7H9N/c1-3-8-5-4-7(2)9-6-8;1-2-7-4-3-5-8-6-7/h4-6H,3H2,1-2H3;3-6H,2H2,1H3. The molecule has 2 rings (SSSR count). The zero-order valence-corrected chi connectivity index (χ0v) is 10.9. The topological polar surface area (TPSA) is 25.8 Å². The summed E-state index contributed by atoms with van der Waals surface area (Å²) in [7, 11) is 0. The molecule has 0 aliphatic heterocycles. The Morgan fingerprint density at radius 3 is 2.06 bits per heavy atom. The van der Waals surface area contributed by atoms with Crippen LogP contribution < -0.4 is 0 Å². The lowest BCUT2D eigenvalue weighted by molar-refractivity contribution is 1.08. The molecule has 0 fully saturated rings. The van der Waals surface area contributed by atoms with Gasteiger partial charge in [-0.05, 0) is 43.0 Å². The van der Waals surface area contributed by atoms with Crippen molar-refractivity contribution in [2.24, 2.45) is 0 Å². The Morgan fingerprint density at radius 1 is 0.941 bits per heavy atom. The minimum Gasteiger partial charge on any atom is -0.264 e. The van der Waals surface area contributed by atoms with Crippen LogP contribution >= 0.6 is 0 Å². The van der Waals surface area contributed by atoms with E-state index >= 15 is 0 Å². The second-order valence-electron chi connectivity index (χ2n) is 3.88. The van der Waals surface area contributed by atoms with E-state index in [1.807, 2.05) is 31.5 Å². The lowest BCUT2D eigenvalue weighted by atomic mass is 10.2. The number of rotatable bonds is 2. The van der Waals surface area contributed by atoms with Crippen molar-refractivity contribution in [3.8, 4) is 0 Å². The molecule has 2 heteroatoms. The quantitative estimate of drug-likeness (QED) is 0.785. The summed E-state index contributed by atoms with van der Waals surface area (Å²) in [4.78, 5) is 8.11. The first kappa shape index (κ1) is 13.4. The van der Waals surface area contributed by atoms with Gasteiger partial charge in [0.1, 0.15) is 0 Å².